The van der Waals surface area contributed by atoms with Crippen LogP contribution in [0.1, 0.15) is 25.6 Å². The van der Waals surface area contributed by atoms with Crippen LogP contribution in [0.3, 0.4) is 0 Å². The van der Waals surface area contributed by atoms with Gasteiger partial charge in [0.25, 0.3) is 5.56 Å². The molecule has 0 aliphatic heterocycles. The highest BCUT2D eigenvalue weighted by Crippen LogP contribution is 2.22. The zero-order chi connectivity index (χ0) is 13.1. The first-order valence-electron chi connectivity index (χ1n) is 5.86. The van der Waals surface area contributed by atoms with Crippen LogP contribution in [0.2, 0.25) is 0 Å². The van der Waals surface area contributed by atoms with Crippen molar-refractivity contribution >= 4 is 0 Å². The Hall–Kier alpha value is -2.10. The number of nitrogens with zero attached hydrogens (tertiary/aromatic N) is 1. The quantitative estimate of drug-likeness (QED) is 0.902. The maximum Gasteiger partial charge on any atom is 0.251 e. The van der Waals surface area contributed by atoms with Crippen LogP contribution in [0.25, 0.3) is 11.3 Å². The van der Waals surface area contributed by atoms with E-state index in [1.165, 1.54) is 6.07 Å². The van der Waals surface area contributed by atoms with Gasteiger partial charge < -0.3 is 9.72 Å². The maximum absolute atomic E-state index is 11.6. The standard InChI is InChI=1S/C14H16N2O2/c1-9(2)14-15-12(8-13(17)16-14)10-5-4-6-11(7-10)18-3/h4-9H,1-3H3,(H,15,16,17). The van der Waals surface area contributed by atoms with Gasteiger partial charge in [-0.1, -0.05) is 26.0 Å². The van der Waals surface area contributed by atoms with Crippen molar-refractivity contribution in [3.63, 3.8) is 0 Å². The molecule has 0 spiro atoms. The first-order valence-corrected chi connectivity index (χ1v) is 5.86. The third-order valence-electron chi connectivity index (χ3n) is 2.67. The molecule has 0 saturated carbocycles. The van der Waals surface area contributed by atoms with Crippen molar-refractivity contribution < 1.29 is 4.74 Å². The Morgan fingerprint density at radius 2 is 2.06 bits per heavy atom. The highest BCUT2D eigenvalue weighted by atomic mass is 16.5. The van der Waals surface area contributed by atoms with E-state index >= 15 is 0 Å². The average Bonchev–Trinajstić information content (AvgIpc) is 2.38. The molecule has 0 aliphatic rings. The first-order chi connectivity index (χ1) is 8.60. The van der Waals surface area contributed by atoms with Gasteiger partial charge in [0.05, 0.1) is 12.8 Å². The first kappa shape index (κ1) is 12.4. The fourth-order valence-corrected chi connectivity index (χ4v) is 1.68. The second-order valence-electron chi connectivity index (χ2n) is 4.40. The van der Waals surface area contributed by atoms with Gasteiger partial charge in [0.1, 0.15) is 11.6 Å². The molecule has 2 aromatic rings. The maximum atomic E-state index is 11.6. The number of aromatic amines is 1. The Morgan fingerprint density at radius 3 is 2.72 bits per heavy atom. The summed E-state index contributed by atoms with van der Waals surface area (Å²) in [5.41, 5.74) is 1.41. The Kier molecular flexibility index (Phi) is 3.46. The molecule has 0 fully saturated rings. The van der Waals surface area contributed by atoms with E-state index in [9.17, 15) is 4.79 Å². The number of hydrogen-bond donors (Lipinski definition) is 1. The molecule has 2 rings (SSSR count). The molecule has 0 radical (unpaired) electrons. The topological polar surface area (TPSA) is 55.0 Å². The van der Waals surface area contributed by atoms with Gasteiger partial charge in [-0.2, -0.15) is 0 Å². The third kappa shape index (κ3) is 2.59. The average molecular weight is 244 g/mol. The van der Waals surface area contributed by atoms with Crippen LogP contribution in [0, 0.1) is 0 Å². The van der Waals surface area contributed by atoms with E-state index in [4.69, 9.17) is 4.74 Å². The predicted octanol–water partition coefficient (Wildman–Crippen LogP) is 2.57. The summed E-state index contributed by atoms with van der Waals surface area (Å²) >= 11 is 0. The van der Waals surface area contributed by atoms with Gasteiger partial charge in [0, 0.05) is 17.5 Å². The molecule has 1 heterocycles. The summed E-state index contributed by atoms with van der Waals surface area (Å²) in [5.74, 6) is 1.63. The number of ether oxygens (including phenoxy) is 1. The van der Waals surface area contributed by atoms with E-state index in [1.54, 1.807) is 7.11 Å². The van der Waals surface area contributed by atoms with Gasteiger partial charge in [-0.3, -0.25) is 4.79 Å². The minimum absolute atomic E-state index is 0.133. The van der Waals surface area contributed by atoms with Crippen LogP contribution < -0.4 is 10.3 Å². The molecule has 18 heavy (non-hydrogen) atoms. The minimum Gasteiger partial charge on any atom is -0.497 e. The lowest BCUT2D eigenvalue weighted by atomic mass is 10.1. The van der Waals surface area contributed by atoms with E-state index in [-0.39, 0.29) is 11.5 Å². The summed E-state index contributed by atoms with van der Waals surface area (Å²) in [7, 11) is 1.61. The summed E-state index contributed by atoms with van der Waals surface area (Å²) < 4.78 is 5.17. The molecule has 1 N–H and O–H groups in total. The Balaban J connectivity index is 2.52. The van der Waals surface area contributed by atoms with Crippen molar-refractivity contribution in [1.82, 2.24) is 9.97 Å². The number of methoxy groups -OCH3 is 1. The van der Waals surface area contributed by atoms with E-state index in [0.717, 1.165) is 11.3 Å². The normalized spacial score (nSPS) is 10.7. The van der Waals surface area contributed by atoms with Crippen LogP contribution in [0.15, 0.2) is 35.1 Å². The van der Waals surface area contributed by atoms with Crippen LogP contribution in [-0.2, 0) is 0 Å². The molecular formula is C14H16N2O2. The van der Waals surface area contributed by atoms with Crippen LogP contribution in [0.5, 0.6) is 5.75 Å². The van der Waals surface area contributed by atoms with Crippen LogP contribution in [0.4, 0.5) is 0 Å². The predicted molar refractivity (Wildman–Crippen MR) is 70.9 cm³/mol. The van der Waals surface area contributed by atoms with Gasteiger partial charge in [-0.05, 0) is 12.1 Å². The van der Waals surface area contributed by atoms with Crippen molar-refractivity contribution in [3.05, 3.63) is 46.5 Å². The van der Waals surface area contributed by atoms with E-state index in [0.29, 0.717) is 11.5 Å². The van der Waals surface area contributed by atoms with Gasteiger partial charge >= 0.3 is 0 Å². The van der Waals surface area contributed by atoms with Gasteiger partial charge in [-0.25, -0.2) is 4.98 Å². The van der Waals surface area contributed by atoms with E-state index in [1.807, 2.05) is 38.1 Å². The van der Waals surface area contributed by atoms with Crippen molar-refractivity contribution in [2.45, 2.75) is 19.8 Å². The van der Waals surface area contributed by atoms with E-state index < -0.39 is 0 Å². The fourth-order valence-electron chi connectivity index (χ4n) is 1.68. The summed E-state index contributed by atoms with van der Waals surface area (Å²) in [6, 6.07) is 9.02. The monoisotopic (exact) mass is 244 g/mol. The fraction of sp³-hybridized carbons (Fsp3) is 0.286. The molecule has 1 aromatic heterocycles. The van der Waals surface area contributed by atoms with Crippen molar-refractivity contribution in [1.29, 1.82) is 0 Å². The number of benzene rings is 1. The number of H-pyrrole nitrogens is 1. The Bertz CT molecular complexity index is 603. The number of hydrogen-bond acceptors (Lipinski definition) is 3. The molecule has 1 aromatic carbocycles. The molecule has 0 atom stereocenters. The van der Waals surface area contributed by atoms with Crippen LogP contribution in [-0.4, -0.2) is 17.1 Å². The molecule has 4 nitrogen and oxygen atoms in total. The van der Waals surface area contributed by atoms with E-state index in [2.05, 4.69) is 9.97 Å². The lowest BCUT2D eigenvalue weighted by Gasteiger charge is -2.08. The molecule has 0 amide bonds. The van der Waals surface area contributed by atoms with Gasteiger partial charge in [-0.15, -0.1) is 0 Å². The molecular weight excluding hydrogens is 228 g/mol. The summed E-state index contributed by atoms with van der Waals surface area (Å²) in [6.07, 6.45) is 0. The lowest BCUT2D eigenvalue weighted by molar-refractivity contribution is 0.415. The molecule has 0 unspecified atom stereocenters. The second-order valence-corrected chi connectivity index (χ2v) is 4.40. The zero-order valence-electron chi connectivity index (χ0n) is 10.7. The second kappa shape index (κ2) is 5.04. The number of aromatic nitrogens is 2. The molecule has 0 bridgehead atoms. The Morgan fingerprint density at radius 1 is 1.28 bits per heavy atom. The highest BCUT2D eigenvalue weighted by molar-refractivity contribution is 5.60. The third-order valence-corrected chi connectivity index (χ3v) is 2.67. The summed E-state index contributed by atoms with van der Waals surface area (Å²) in [6.45, 7) is 3.99. The van der Waals surface area contributed by atoms with Gasteiger partial charge in [0.15, 0.2) is 0 Å². The lowest BCUT2D eigenvalue weighted by Crippen LogP contribution is -2.12. The molecule has 4 heteroatoms. The molecule has 0 saturated heterocycles. The summed E-state index contributed by atoms with van der Waals surface area (Å²) in [4.78, 5) is 18.8. The smallest absolute Gasteiger partial charge is 0.251 e. The summed E-state index contributed by atoms with van der Waals surface area (Å²) in [5, 5.41) is 0. The van der Waals surface area contributed by atoms with Crippen LogP contribution >= 0.6 is 0 Å². The van der Waals surface area contributed by atoms with Crippen molar-refractivity contribution in [2.24, 2.45) is 0 Å². The number of nitrogens with one attached hydrogen (secondary N) is 1. The van der Waals surface area contributed by atoms with Crippen molar-refractivity contribution in [2.75, 3.05) is 7.11 Å². The van der Waals surface area contributed by atoms with Gasteiger partial charge in [0.2, 0.25) is 0 Å². The minimum atomic E-state index is -0.133. The largest absolute Gasteiger partial charge is 0.497 e. The van der Waals surface area contributed by atoms with Crippen molar-refractivity contribution in [3.8, 4) is 17.0 Å². The highest BCUT2D eigenvalue weighted by Gasteiger charge is 2.07. The Labute approximate surface area is 106 Å². The SMILES string of the molecule is COc1cccc(-c2cc(=O)[nH]c(C(C)C)n2)c1. The zero-order valence-corrected chi connectivity index (χ0v) is 10.7. The molecule has 0 aliphatic carbocycles. The number of rotatable bonds is 3. The molecule has 94 valence electrons.